The van der Waals surface area contributed by atoms with E-state index in [2.05, 4.69) is 5.10 Å². The van der Waals surface area contributed by atoms with Gasteiger partial charge >= 0.3 is 5.97 Å². The number of carboxylic acid groups (broad SMARTS) is 1. The summed E-state index contributed by atoms with van der Waals surface area (Å²) in [5, 5.41) is 13.1. The third-order valence-electron chi connectivity index (χ3n) is 2.91. The number of hydrogen-bond acceptors (Lipinski definition) is 3. The topological polar surface area (TPSA) is 75.4 Å². The molecule has 0 spiro atoms. The van der Waals surface area contributed by atoms with Gasteiger partial charge in [-0.3, -0.25) is 9.48 Å². The zero-order valence-electron chi connectivity index (χ0n) is 11.3. The summed E-state index contributed by atoms with van der Waals surface area (Å²) >= 11 is 0. The summed E-state index contributed by atoms with van der Waals surface area (Å²) in [5.41, 5.74) is 1.08. The van der Waals surface area contributed by atoms with Crippen molar-refractivity contribution in [3.8, 4) is 0 Å². The summed E-state index contributed by atoms with van der Waals surface area (Å²) in [6.07, 6.45) is 3.49. The lowest BCUT2D eigenvalue weighted by Crippen LogP contribution is -2.27. The highest BCUT2D eigenvalue weighted by molar-refractivity contribution is 6.04. The Balaban J connectivity index is 2.20. The van der Waals surface area contributed by atoms with Crippen molar-refractivity contribution < 1.29 is 14.7 Å². The van der Waals surface area contributed by atoms with Crippen LogP contribution in [0.4, 0.5) is 0 Å². The summed E-state index contributed by atoms with van der Waals surface area (Å²) in [5.74, 6) is -1.43. The van der Waals surface area contributed by atoms with Crippen LogP contribution in [0.2, 0.25) is 0 Å². The molecule has 1 amide bonds. The number of rotatable bonds is 4. The zero-order valence-corrected chi connectivity index (χ0v) is 11.3. The van der Waals surface area contributed by atoms with E-state index in [4.69, 9.17) is 5.11 Å². The van der Waals surface area contributed by atoms with Gasteiger partial charge in [-0.1, -0.05) is 12.1 Å². The third kappa shape index (κ3) is 2.85. The molecule has 2 aromatic rings. The van der Waals surface area contributed by atoms with Crippen molar-refractivity contribution in [2.24, 2.45) is 7.05 Å². The Kier molecular flexibility index (Phi) is 3.84. The molecule has 0 saturated heterocycles. The van der Waals surface area contributed by atoms with Crippen molar-refractivity contribution in [1.82, 2.24) is 14.7 Å². The van der Waals surface area contributed by atoms with Crippen LogP contribution in [0.3, 0.4) is 0 Å². The van der Waals surface area contributed by atoms with Crippen molar-refractivity contribution in [2.45, 2.75) is 6.54 Å². The number of carboxylic acids is 1. The average molecular weight is 273 g/mol. The van der Waals surface area contributed by atoms with Gasteiger partial charge in [0, 0.05) is 32.4 Å². The first kappa shape index (κ1) is 13.8. The molecule has 1 aromatic carbocycles. The number of aryl methyl sites for hydroxylation is 1. The molecule has 104 valence electrons. The van der Waals surface area contributed by atoms with Crippen LogP contribution in [-0.2, 0) is 13.6 Å². The first-order valence-electron chi connectivity index (χ1n) is 6.04. The number of benzene rings is 1. The highest BCUT2D eigenvalue weighted by Gasteiger charge is 2.19. The molecule has 0 aliphatic carbocycles. The van der Waals surface area contributed by atoms with E-state index in [1.165, 1.54) is 17.0 Å². The number of carbonyl (C=O) groups is 2. The first-order valence-corrected chi connectivity index (χ1v) is 6.04. The Hall–Kier alpha value is -2.63. The largest absolute Gasteiger partial charge is 0.478 e. The quantitative estimate of drug-likeness (QED) is 0.913. The van der Waals surface area contributed by atoms with Crippen LogP contribution < -0.4 is 0 Å². The Morgan fingerprint density at radius 2 is 1.95 bits per heavy atom. The monoisotopic (exact) mass is 273 g/mol. The minimum Gasteiger partial charge on any atom is -0.478 e. The maximum absolute atomic E-state index is 12.3. The van der Waals surface area contributed by atoms with Crippen LogP contribution in [0.15, 0.2) is 36.7 Å². The van der Waals surface area contributed by atoms with Gasteiger partial charge in [-0.2, -0.15) is 5.10 Å². The van der Waals surface area contributed by atoms with Crippen LogP contribution in [0, 0.1) is 0 Å². The van der Waals surface area contributed by atoms with Gasteiger partial charge < -0.3 is 10.0 Å². The molecule has 0 aliphatic rings. The molecule has 0 bridgehead atoms. The molecule has 1 N–H and O–H groups in total. The summed E-state index contributed by atoms with van der Waals surface area (Å²) in [4.78, 5) is 24.9. The van der Waals surface area contributed by atoms with Gasteiger partial charge in [0.1, 0.15) is 0 Å². The molecule has 20 heavy (non-hydrogen) atoms. The van der Waals surface area contributed by atoms with Gasteiger partial charge in [-0.05, 0) is 12.1 Å². The van der Waals surface area contributed by atoms with Gasteiger partial charge in [-0.25, -0.2) is 4.79 Å². The highest BCUT2D eigenvalue weighted by Crippen LogP contribution is 2.13. The second kappa shape index (κ2) is 5.56. The van der Waals surface area contributed by atoms with Gasteiger partial charge in [0.15, 0.2) is 0 Å². The van der Waals surface area contributed by atoms with Gasteiger partial charge in [0.2, 0.25) is 0 Å². The molecular formula is C14H15N3O3. The van der Waals surface area contributed by atoms with Gasteiger partial charge in [-0.15, -0.1) is 0 Å². The second-order valence-electron chi connectivity index (χ2n) is 4.53. The van der Waals surface area contributed by atoms with E-state index in [0.717, 1.165) is 5.56 Å². The number of amides is 1. The number of carbonyl (C=O) groups excluding carboxylic acids is 1. The maximum Gasteiger partial charge on any atom is 0.336 e. The van der Waals surface area contributed by atoms with Crippen LogP contribution in [0.25, 0.3) is 0 Å². The molecule has 6 nitrogen and oxygen atoms in total. The molecular weight excluding hydrogens is 258 g/mol. The van der Waals surface area contributed by atoms with Crippen molar-refractivity contribution in [3.05, 3.63) is 53.3 Å². The molecule has 2 rings (SSSR count). The summed E-state index contributed by atoms with van der Waals surface area (Å²) in [7, 11) is 3.43. The Labute approximate surface area is 116 Å². The Morgan fingerprint density at radius 1 is 1.30 bits per heavy atom. The van der Waals surface area contributed by atoms with Gasteiger partial charge in [0.25, 0.3) is 5.91 Å². The molecule has 1 heterocycles. The van der Waals surface area contributed by atoms with Crippen molar-refractivity contribution in [3.63, 3.8) is 0 Å². The minimum absolute atomic E-state index is 0.00976. The number of hydrogen-bond donors (Lipinski definition) is 1. The van der Waals surface area contributed by atoms with Crippen molar-refractivity contribution >= 4 is 11.9 Å². The minimum atomic E-state index is -1.11. The molecule has 1 aromatic heterocycles. The lowest BCUT2D eigenvalue weighted by molar-refractivity contribution is 0.0680. The number of nitrogens with zero attached hydrogens (tertiary/aromatic N) is 3. The van der Waals surface area contributed by atoms with Crippen LogP contribution in [-0.4, -0.2) is 38.7 Å². The van der Waals surface area contributed by atoms with Crippen LogP contribution >= 0.6 is 0 Å². The first-order chi connectivity index (χ1) is 9.49. The molecule has 0 radical (unpaired) electrons. The zero-order chi connectivity index (χ0) is 14.7. The van der Waals surface area contributed by atoms with E-state index in [-0.39, 0.29) is 17.0 Å². The third-order valence-corrected chi connectivity index (χ3v) is 2.91. The number of aromatic nitrogens is 2. The van der Waals surface area contributed by atoms with Crippen molar-refractivity contribution in [2.75, 3.05) is 7.05 Å². The smallest absolute Gasteiger partial charge is 0.336 e. The maximum atomic E-state index is 12.3. The second-order valence-corrected chi connectivity index (χ2v) is 4.53. The standard InChI is InChI=1S/C14H15N3O3/c1-16(8-10-7-15-17(2)9-10)13(18)11-5-3-4-6-12(11)14(19)20/h3-7,9H,8H2,1-2H3,(H,19,20). The van der Waals surface area contributed by atoms with E-state index in [9.17, 15) is 9.59 Å². The average Bonchev–Trinajstić information content (AvgIpc) is 2.83. The molecule has 0 atom stereocenters. The molecule has 6 heteroatoms. The lowest BCUT2D eigenvalue weighted by Gasteiger charge is -2.17. The SMILES string of the molecule is CN(Cc1cnn(C)c1)C(=O)c1ccccc1C(=O)O. The van der Waals surface area contributed by atoms with E-state index < -0.39 is 5.97 Å². The fraction of sp³-hybridized carbons (Fsp3) is 0.214. The summed E-state index contributed by atoms with van der Waals surface area (Å²) in [6.45, 7) is 0.376. The molecule has 0 unspecified atom stereocenters. The lowest BCUT2D eigenvalue weighted by atomic mass is 10.1. The van der Waals surface area contributed by atoms with E-state index >= 15 is 0 Å². The van der Waals surface area contributed by atoms with Crippen LogP contribution in [0.1, 0.15) is 26.3 Å². The Bertz CT molecular complexity index is 649. The molecule has 0 saturated carbocycles. The predicted molar refractivity (Wildman–Crippen MR) is 72.4 cm³/mol. The van der Waals surface area contributed by atoms with Crippen LogP contribution in [0.5, 0.6) is 0 Å². The normalized spacial score (nSPS) is 10.3. The van der Waals surface area contributed by atoms with Crippen molar-refractivity contribution in [1.29, 1.82) is 0 Å². The van der Waals surface area contributed by atoms with E-state index in [0.29, 0.717) is 6.54 Å². The summed E-state index contributed by atoms with van der Waals surface area (Å²) in [6, 6.07) is 6.19. The molecule has 0 fully saturated rings. The fourth-order valence-electron chi connectivity index (χ4n) is 1.96. The van der Waals surface area contributed by atoms with E-state index in [1.807, 2.05) is 6.20 Å². The highest BCUT2D eigenvalue weighted by atomic mass is 16.4. The van der Waals surface area contributed by atoms with E-state index in [1.54, 1.807) is 37.1 Å². The molecule has 0 aliphatic heterocycles. The number of aromatic carboxylic acids is 1. The van der Waals surface area contributed by atoms with Gasteiger partial charge in [0.05, 0.1) is 17.3 Å². The summed E-state index contributed by atoms with van der Waals surface area (Å²) < 4.78 is 1.65. The fourth-order valence-corrected chi connectivity index (χ4v) is 1.96. The Morgan fingerprint density at radius 3 is 2.50 bits per heavy atom. The predicted octanol–water partition coefficient (Wildman–Crippen LogP) is 1.39.